The standard InChI is InChI=1S/C16H28N2O/c1-11-9-15(7-8-18(5)12(2)10-17)13(3)14(4)16(11)19-6/h9,12H,7-8,10,17H2,1-6H3. The third-order valence-electron chi connectivity index (χ3n) is 4.17. The largest absolute Gasteiger partial charge is 0.496 e. The molecule has 19 heavy (non-hydrogen) atoms. The molecule has 0 aliphatic heterocycles. The van der Waals surface area contributed by atoms with Gasteiger partial charge in [0.1, 0.15) is 5.75 Å². The third-order valence-corrected chi connectivity index (χ3v) is 4.17. The molecule has 3 nitrogen and oxygen atoms in total. The second-order valence-electron chi connectivity index (χ2n) is 5.45. The van der Waals surface area contributed by atoms with Gasteiger partial charge in [0.15, 0.2) is 0 Å². The average Bonchev–Trinajstić information content (AvgIpc) is 2.40. The van der Waals surface area contributed by atoms with Crippen molar-refractivity contribution in [3.05, 3.63) is 28.3 Å². The van der Waals surface area contributed by atoms with Gasteiger partial charge in [-0.2, -0.15) is 0 Å². The Morgan fingerprint density at radius 2 is 1.89 bits per heavy atom. The highest BCUT2D eigenvalue weighted by Gasteiger charge is 2.12. The zero-order chi connectivity index (χ0) is 14.6. The Morgan fingerprint density at radius 1 is 1.26 bits per heavy atom. The summed E-state index contributed by atoms with van der Waals surface area (Å²) in [7, 11) is 3.88. The first-order valence-electron chi connectivity index (χ1n) is 6.96. The van der Waals surface area contributed by atoms with Gasteiger partial charge in [-0.25, -0.2) is 0 Å². The van der Waals surface area contributed by atoms with Crippen molar-refractivity contribution in [1.82, 2.24) is 4.90 Å². The number of hydrogen-bond donors (Lipinski definition) is 1. The SMILES string of the molecule is COc1c(C)cc(CCN(C)C(C)CN)c(C)c1C. The van der Waals surface area contributed by atoms with E-state index in [4.69, 9.17) is 10.5 Å². The highest BCUT2D eigenvalue weighted by atomic mass is 16.5. The van der Waals surface area contributed by atoms with Gasteiger partial charge in [-0.05, 0) is 63.4 Å². The summed E-state index contributed by atoms with van der Waals surface area (Å²) < 4.78 is 5.47. The summed E-state index contributed by atoms with van der Waals surface area (Å²) in [4.78, 5) is 2.31. The predicted octanol–water partition coefficient (Wildman–Crippen LogP) is 2.44. The quantitative estimate of drug-likeness (QED) is 0.857. The molecule has 0 fully saturated rings. The van der Waals surface area contributed by atoms with E-state index in [1.54, 1.807) is 7.11 Å². The van der Waals surface area contributed by atoms with Gasteiger partial charge in [0.05, 0.1) is 7.11 Å². The smallest absolute Gasteiger partial charge is 0.124 e. The number of rotatable bonds is 6. The maximum Gasteiger partial charge on any atom is 0.124 e. The summed E-state index contributed by atoms with van der Waals surface area (Å²) in [6.07, 6.45) is 1.05. The number of hydrogen-bond acceptors (Lipinski definition) is 3. The minimum absolute atomic E-state index is 0.431. The van der Waals surface area contributed by atoms with E-state index in [-0.39, 0.29) is 0 Å². The lowest BCUT2D eigenvalue weighted by molar-refractivity contribution is 0.266. The molecule has 1 aromatic rings. The van der Waals surface area contributed by atoms with Gasteiger partial charge in [0.2, 0.25) is 0 Å². The lowest BCUT2D eigenvalue weighted by Crippen LogP contribution is -2.36. The summed E-state index contributed by atoms with van der Waals surface area (Å²) in [6.45, 7) is 10.3. The fourth-order valence-corrected chi connectivity index (χ4v) is 2.41. The zero-order valence-electron chi connectivity index (χ0n) is 13.2. The van der Waals surface area contributed by atoms with Crippen LogP contribution >= 0.6 is 0 Å². The Balaban J connectivity index is 2.85. The first kappa shape index (κ1) is 16.0. The molecule has 0 amide bonds. The van der Waals surface area contributed by atoms with E-state index in [1.807, 2.05) is 0 Å². The summed E-state index contributed by atoms with van der Waals surface area (Å²) in [5, 5.41) is 0. The Morgan fingerprint density at radius 3 is 2.42 bits per heavy atom. The number of nitrogens with two attached hydrogens (primary N) is 1. The molecule has 0 radical (unpaired) electrons. The Hall–Kier alpha value is -1.06. The molecule has 0 aliphatic rings. The maximum atomic E-state index is 5.70. The monoisotopic (exact) mass is 264 g/mol. The minimum Gasteiger partial charge on any atom is -0.496 e. The highest BCUT2D eigenvalue weighted by Crippen LogP contribution is 2.28. The summed E-state index contributed by atoms with van der Waals surface area (Å²) >= 11 is 0. The summed E-state index contributed by atoms with van der Waals surface area (Å²) in [5.41, 5.74) is 10.9. The van der Waals surface area contributed by atoms with Crippen molar-refractivity contribution < 1.29 is 4.74 Å². The molecule has 2 N–H and O–H groups in total. The summed E-state index contributed by atoms with van der Waals surface area (Å²) in [6, 6.07) is 2.68. The molecule has 0 aliphatic carbocycles. The van der Waals surface area contributed by atoms with E-state index >= 15 is 0 Å². The molecule has 1 unspecified atom stereocenters. The van der Waals surface area contributed by atoms with E-state index < -0.39 is 0 Å². The van der Waals surface area contributed by atoms with Crippen molar-refractivity contribution in [2.45, 2.75) is 40.2 Å². The Labute approximate surface area is 117 Å². The van der Waals surface area contributed by atoms with Crippen molar-refractivity contribution in [1.29, 1.82) is 0 Å². The fourth-order valence-electron chi connectivity index (χ4n) is 2.41. The van der Waals surface area contributed by atoms with Crippen LogP contribution in [-0.2, 0) is 6.42 Å². The maximum absolute atomic E-state index is 5.70. The van der Waals surface area contributed by atoms with Gasteiger partial charge in [0.25, 0.3) is 0 Å². The van der Waals surface area contributed by atoms with Crippen LogP contribution < -0.4 is 10.5 Å². The topological polar surface area (TPSA) is 38.5 Å². The Kier molecular flexibility index (Phi) is 5.83. The molecule has 1 aromatic carbocycles. The number of aryl methyl sites for hydroxylation is 1. The van der Waals surface area contributed by atoms with Crippen LogP contribution in [0.5, 0.6) is 5.75 Å². The van der Waals surface area contributed by atoms with Gasteiger partial charge in [-0.15, -0.1) is 0 Å². The van der Waals surface area contributed by atoms with Crippen LogP contribution in [0, 0.1) is 20.8 Å². The van der Waals surface area contributed by atoms with Gasteiger partial charge < -0.3 is 15.4 Å². The van der Waals surface area contributed by atoms with E-state index in [2.05, 4.69) is 45.7 Å². The Bertz CT molecular complexity index is 429. The molecule has 1 atom stereocenters. The number of benzene rings is 1. The number of likely N-dealkylation sites (N-methyl/N-ethyl adjacent to an activating group) is 1. The lowest BCUT2D eigenvalue weighted by atomic mass is 9.96. The van der Waals surface area contributed by atoms with Crippen molar-refractivity contribution >= 4 is 0 Å². The third kappa shape index (κ3) is 3.71. The van der Waals surface area contributed by atoms with Crippen molar-refractivity contribution in [2.75, 3.05) is 27.2 Å². The molecule has 0 saturated heterocycles. The van der Waals surface area contributed by atoms with E-state index in [9.17, 15) is 0 Å². The van der Waals surface area contributed by atoms with Crippen LogP contribution in [0.4, 0.5) is 0 Å². The first-order valence-corrected chi connectivity index (χ1v) is 6.96. The second-order valence-corrected chi connectivity index (χ2v) is 5.45. The zero-order valence-corrected chi connectivity index (χ0v) is 13.2. The van der Waals surface area contributed by atoms with E-state index in [0.717, 1.165) is 18.7 Å². The van der Waals surface area contributed by atoms with Crippen LogP contribution in [0.3, 0.4) is 0 Å². The van der Waals surface area contributed by atoms with E-state index in [1.165, 1.54) is 22.3 Å². The number of methoxy groups -OCH3 is 1. The highest BCUT2D eigenvalue weighted by molar-refractivity contribution is 5.49. The number of ether oxygens (including phenoxy) is 1. The molecular formula is C16H28N2O. The molecule has 0 heterocycles. The molecular weight excluding hydrogens is 236 g/mol. The normalized spacial score (nSPS) is 12.8. The lowest BCUT2D eigenvalue weighted by Gasteiger charge is -2.24. The van der Waals surface area contributed by atoms with Crippen LogP contribution in [0.1, 0.15) is 29.2 Å². The molecule has 0 spiro atoms. The molecule has 0 saturated carbocycles. The molecule has 3 heteroatoms. The predicted molar refractivity (Wildman–Crippen MR) is 82.1 cm³/mol. The molecule has 0 bridgehead atoms. The van der Waals surface area contributed by atoms with Crippen LogP contribution in [0.25, 0.3) is 0 Å². The van der Waals surface area contributed by atoms with Gasteiger partial charge in [-0.3, -0.25) is 0 Å². The number of nitrogens with zero attached hydrogens (tertiary/aromatic N) is 1. The van der Waals surface area contributed by atoms with Gasteiger partial charge in [-0.1, -0.05) is 6.07 Å². The van der Waals surface area contributed by atoms with Crippen molar-refractivity contribution in [3.8, 4) is 5.75 Å². The van der Waals surface area contributed by atoms with Crippen LogP contribution in [-0.4, -0.2) is 38.2 Å². The van der Waals surface area contributed by atoms with Crippen LogP contribution in [0.15, 0.2) is 6.07 Å². The molecule has 0 aromatic heterocycles. The summed E-state index contributed by atoms with van der Waals surface area (Å²) in [5.74, 6) is 1.02. The van der Waals surface area contributed by atoms with E-state index in [0.29, 0.717) is 12.6 Å². The minimum atomic E-state index is 0.431. The van der Waals surface area contributed by atoms with Gasteiger partial charge >= 0.3 is 0 Å². The fraction of sp³-hybridized carbons (Fsp3) is 0.625. The van der Waals surface area contributed by atoms with Crippen molar-refractivity contribution in [2.24, 2.45) is 5.73 Å². The first-order chi connectivity index (χ1) is 8.92. The molecule has 108 valence electrons. The molecule has 1 rings (SSSR count). The second kappa shape index (κ2) is 6.92. The average molecular weight is 264 g/mol. The van der Waals surface area contributed by atoms with Gasteiger partial charge in [0, 0.05) is 19.1 Å². The van der Waals surface area contributed by atoms with Crippen LogP contribution in [0.2, 0.25) is 0 Å². The van der Waals surface area contributed by atoms with Crippen molar-refractivity contribution in [3.63, 3.8) is 0 Å².